The van der Waals surface area contributed by atoms with Gasteiger partial charge in [0.15, 0.2) is 0 Å². The number of rotatable bonds is 1. The minimum atomic E-state index is -3.96. The van der Waals surface area contributed by atoms with Crippen molar-refractivity contribution in [3.8, 4) is 0 Å². The Morgan fingerprint density at radius 3 is 1.90 bits per heavy atom. The Hall–Kier alpha value is -0.210. The standard InChI is InChI=1S/C7H11F3/c1-6(2)3-5(6)4-7(8,9)10/h5H,3-4H2,1-2H3. The molecule has 0 aromatic heterocycles. The van der Waals surface area contributed by atoms with Gasteiger partial charge in [0.25, 0.3) is 0 Å². The summed E-state index contributed by atoms with van der Waals surface area (Å²) < 4.78 is 35.1. The highest BCUT2D eigenvalue weighted by molar-refractivity contribution is 4.95. The zero-order valence-corrected chi connectivity index (χ0v) is 6.13. The highest BCUT2D eigenvalue weighted by atomic mass is 19.4. The lowest BCUT2D eigenvalue weighted by Crippen LogP contribution is -2.09. The van der Waals surface area contributed by atoms with Gasteiger partial charge in [-0.25, -0.2) is 0 Å². The maximum atomic E-state index is 11.7. The third kappa shape index (κ3) is 1.89. The first-order chi connectivity index (χ1) is 4.31. The van der Waals surface area contributed by atoms with Crippen molar-refractivity contribution >= 4 is 0 Å². The first kappa shape index (κ1) is 7.89. The molecule has 0 aliphatic heterocycles. The third-order valence-corrected chi connectivity index (χ3v) is 2.20. The fourth-order valence-corrected chi connectivity index (χ4v) is 1.20. The molecular formula is C7H11F3. The quantitative estimate of drug-likeness (QED) is 0.541. The van der Waals surface area contributed by atoms with Gasteiger partial charge < -0.3 is 0 Å². The second kappa shape index (κ2) is 1.89. The van der Waals surface area contributed by atoms with Crippen molar-refractivity contribution in [3.63, 3.8) is 0 Å². The maximum Gasteiger partial charge on any atom is 0.389 e. The van der Waals surface area contributed by atoms with Crippen molar-refractivity contribution in [2.45, 2.75) is 32.9 Å². The van der Waals surface area contributed by atoms with Crippen LogP contribution in [0.25, 0.3) is 0 Å². The Kier molecular flexibility index (Phi) is 1.49. The monoisotopic (exact) mass is 152 g/mol. The molecule has 60 valence electrons. The van der Waals surface area contributed by atoms with E-state index < -0.39 is 12.6 Å². The van der Waals surface area contributed by atoms with Crippen LogP contribution in [0, 0.1) is 11.3 Å². The van der Waals surface area contributed by atoms with Gasteiger partial charge in [0, 0.05) is 6.42 Å². The molecule has 1 fully saturated rings. The predicted octanol–water partition coefficient (Wildman–Crippen LogP) is 2.98. The van der Waals surface area contributed by atoms with Gasteiger partial charge in [0.2, 0.25) is 0 Å². The molecule has 0 nitrogen and oxygen atoms in total. The van der Waals surface area contributed by atoms with Crippen molar-refractivity contribution in [3.05, 3.63) is 0 Å². The smallest absolute Gasteiger partial charge is 0.171 e. The molecule has 0 aromatic rings. The molecule has 1 aliphatic rings. The SMILES string of the molecule is CC1(C)CC1CC(F)(F)F. The van der Waals surface area contributed by atoms with Gasteiger partial charge in [0.1, 0.15) is 0 Å². The van der Waals surface area contributed by atoms with E-state index in [0.29, 0.717) is 0 Å². The molecule has 1 aliphatic carbocycles. The largest absolute Gasteiger partial charge is 0.389 e. The Morgan fingerprint density at radius 1 is 1.40 bits per heavy atom. The topological polar surface area (TPSA) is 0 Å². The number of hydrogen-bond acceptors (Lipinski definition) is 0. The molecule has 0 aromatic carbocycles. The normalized spacial score (nSPS) is 30.3. The van der Waals surface area contributed by atoms with Gasteiger partial charge in [0.05, 0.1) is 0 Å². The minimum absolute atomic E-state index is 0.0461. The molecule has 0 amide bonds. The summed E-state index contributed by atoms with van der Waals surface area (Å²) in [5, 5.41) is 0. The third-order valence-electron chi connectivity index (χ3n) is 2.20. The summed E-state index contributed by atoms with van der Waals surface area (Å²) in [5.74, 6) is -0.118. The molecule has 0 N–H and O–H groups in total. The van der Waals surface area contributed by atoms with Crippen LogP contribution in [0.4, 0.5) is 13.2 Å². The summed E-state index contributed by atoms with van der Waals surface area (Å²) in [4.78, 5) is 0. The molecule has 1 unspecified atom stereocenters. The first-order valence-corrected chi connectivity index (χ1v) is 3.38. The van der Waals surface area contributed by atoms with Crippen molar-refractivity contribution < 1.29 is 13.2 Å². The Morgan fingerprint density at radius 2 is 1.80 bits per heavy atom. The van der Waals surface area contributed by atoms with Gasteiger partial charge in [-0.15, -0.1) is 0 Å². The van der Waals surface area contributed by atoms with Crippen LogP contribution >= 0.6 is 0 Å². The molecule has 1 saturated carbocycles. The molecule has 0 bridgehead atoms. The molecule has 1 rings (SSSR count). The molecule has 0 radical (unpaired) electrons. The molecule has 0 saturated heterocycles. The first-order valence-electron chi connectivity index (χ1n) is 3.38. The van der Waals surface area contributed by atoms with E-state index in [9.17, 15) is 13.2 Å². The second-order valence-corrected chi connectivity index (χ2v) is 3.71. The summed E-state index contributed by atoms with van der Waals surface area (Å²) in [6.45, 7) is 3.76. The molecular weight excluding hydrogens is 141 g/mol. The highest BCUT2D eigenvalue weighted by Crippen LogP contribution is 2.56. The molecule has 3 heteroatoms. The van der Waals surface area contributed by atoms with Crippen molar-refractivity contribution in [2.75, 3.05) is 0 Å². The van der Waals surface area contributed by atoms with Crippen LogP contribution < -0.4 is 0 Å². The van der Waals surface area contributed by atoms with E-state index in [0.717, 1.165) is 6.42 Å². The van der Waals surface area contributed by atoms with Crippen LogP contribution in [0.5, 0.6) is 0 Å². The number of alkyl halides is 3. The van der Waals surface area contributed by atoms with Crippen LogP contribution in [-0.2, 0) is 0 Å². The van der Waals surface area contributed by atoms with Gasteiger partial charge >= 0.3 is 6.18 Å². The highest BCUT2D eigenvalue weighted by Gasteiger charge is 2.50. The van der Waals surface area contributed by atoms with E-state index in [1.807, 2.05) is 13.8 Å². The van der Waals surface area contributed by atoms with Crippen molar-refractivity contribution in [2.24, 2.45) is 11.3 Å². The fourth-order valence-electron chi connectivity index (χ4n) is 1.20. The number of hydrogen-bond donors (Lipinski definition) is 0. The lowest BCUT2D eigenvalue weighted by Gasteiger charge is -2.06. The van der Waals surface area contributed by atoms with E-state index in [1.165, 1.54) is 0 Å². The summed E-state index contributed by atoms with van der Waals surface area (Å²) >= 11 is 0. The van der Waals surface area contributed by atoms with Crippen molar-refractivity contribution in [1.82, 2.24) is 0 Å². The van der Waals surface area contributed by atoms with E-state index in [-0.39, 0.29) is 11.3 Å². The zero-order chi connectivity index (χ0) is 7.99. The summed E-state index contributed by atoms with van der Waals surface area (Å²) in [5.41, 5.74) is -0.0461. The van der Waals surface area contributed by atoms with Crippen LogP contribution in [0.3, 0.4) is 0 Å². The second-order valence-electron chi connectivity index (χ2n) is 3.71. The average molecular weight is 152 g/mol. The predicted molar refractivity (Wildman–Crippen MR) is 32.6 cm³/mol. The van der Waals surface area contributed by atoms with E-state index >= 15 is 0 Å². The van der Waals surface area contributed by atoms with E-state index in [4.69, 9.17) is 0 Å². The van der Waals surface area contributed by atoms with E-state index in [2.05, 4.69) is 0 Å². The van der Waals surface area contributed by atoms with Crippen LogP contribution in [0.1, 0.15) is 26.7 Å². The van der Waals surface area contributed by atoms with E-state index in [1.54, 1.807) is 0 Å². The van der Waals surface area contributed by atoms with Crippen LogP contribution in [0.2, 0.25) is 0 Å². The van der Waals surface area contributed by atoms with Crippen LogP contribution in [0.15, 0.2) is 0 Å². The lowest BCUT2D eigenvalue weighted by molar-refractivity contribution is -0.139. The van der Waals surface area contributed by atoms with Gasteiger partial charge in [-0.05, 0) is 17.8 Å². The maximum absolute atomic E-state index is 11.7. The Bertz CT molecular complexity index is 134. The zero-order valence-electron chi connectivity index (χ0n) is 6.13. The minimum Gasteiger partial charge on any atom is -0.171 e. The Labute approximate surface area is 58.4 Å². The number of halogens is 3. The molecule has 1 atom stereocenters. The van der Waals surface area contributed by atoms with Gasteiger partial charge in [-0.2, -0.15) is 13.2 Å². The lowest BCUT2D eigenvalue weighted by atomic mass is 10.1. The summed E-state index contributed by atoms with van der Waals surface area (Å²) in [7, 11) is 0. The van der Waals surface area contributed by atoms with Crippen LogP contribution in [-0.4, -0.2) is 6.18 Å². The Balaban J connectivity index is 2.31. The van der Waals surface area contributed by atoms with Gasteiger partial charge in [-0.3, -0.25) is 0 Å². The average Bonchev–Trinajstić information content (AvgIpc) is 2.05. The molecule has 0 spiro atoms. The molecule has 0 heterocycles. The fraction of sp³-hybridized carbons (Fsp3) is 1.00. The van der Waals surface area contributed by atoms with Gasteiger partial charge in [-0.1, -0.05) is 13.8 Å². The van der Waals surface area contributed by atoms with Crippen molar-refractivity contribution in [1.29, 1.82) is 0 Å². The molecule has 10 heavy (non-hydrogen) atoms. The summed E-state index contributed by atoms with van der Waals surface area (Å²) in [6.07, 6.45) is -3.83. The summed E-state index contributed by atoms with van der Waals surface area (Å²) in [6, 6.07) is 0.